The average Bonchev–Trinajstić information content (AvgIpc) is 3.82. The van der Waals surface area contributed by atoms with E-state index in [1.807, 2.05) is 0 Å². The van der Waals surface area contributed by atoms with Gasteiger partial charge in [0.2, 0.25) is 0 Å². The van der Waals surface area contributed by atoms with E-state index in [9.17, 15) is 19.2 Å². The van der Waals surface area contributed by atoms with Crippen molar-refractivity contribution in [3.63, 3.8) is 0 Å². The molecule has 0 saturated carbocycles. The first-order valence-corrected chi connectivity index (χ1v) is 43.1. The fourth-order valence-corrected chi connectivity index (χ4v) is 11.3. The van der Waals surface area contributed by atoms with Crippen LogP contribution in [0.25, 0.3) is 0 Å². The number of allylic oxidation sites excluding steroid dienone is 8. The van der Waals surface area contributed by atoms with Gasteiger partial charge in [-0.2, -0.15) is 13.5 Å². The van der Waals surface area contributed by atoms with Gasteiger partial charge in [-0.05, 0) is 103 Å². The molecule has 0 fully saturated rings. The Morgan fingerprint density at radius 2 is 0.337 bits per heavy atom. The Labute approximate surface area is 693 Å². The van der Waals surface area contributed by atoms with Crippen LogP contribution in [0.1, 0.15) is 428 Å². The molecule has 0 unspecified atom stereocenters. The van der Waals surface area contributed by atoms with Gasteiger partial charge in [-0.25, -0.2) is 0 Å². The fourth-order valence-electron chi connectivity index (χ4n) is 11.0. The zero-order valence-electron chi connectivity index (χ0n) is 65.1. The summed E-state index contributed by atoms with van der Waals surface area (Å²) in [6.07, 6.45) is 93.2. The molecule has 0 aromatic heterocycles. The number of carbonyl (C=O) groups excluding carboxylic acids is 4. The largest absolute Gasteiger partial charge is 2.00 e. The van der Waals surface area contributed by atoms with Crippen LogP contribution in [0.3, 0.4) is 0 Å². The van der Waals surface area contributed by atoms with E-state index < -0.39 is 0 Å². The summed E-state index contributed by atoms with van der Waals surface area (Å²) in [6.45, 7) is 10.5. The van der Waals surface area contributed by atoms with Crippen molar-refractivity contribution in [3.8, 4) is 0 Å². The number of carbonyl (C=O) groups is 4. The summed E-state index contributed by atoms with van der Waals surface area (Å²) in [7, 11) is 0. The molecule has 0 aromatic carbocycles. The van der Waals surface area contributed by atoms with Gasteiger partial charge >= 0.3 is 71.7 Å². The minimum Gasteiger partial charge on any atom is -0.789 e. The SMILES string of the molecule is C.C.CCC/C=C/CCCCCCCCCCCCCC(=O)OCC[S-].CCC/C=C/CCCCCCCCCCCCCC(=O)OCC[S-].CCC/C=C/CCCCCCCCCCCCCC(=O)OCC[S-].CCC/C=C/CCCCCCCCCCCCCC(=O)OCC[S-].S.[Sn+2].[Sn+2]. The van der Waals surface area contributed by atoms with Gasteiger partial charge in [0.05, 0.1) is 26.4 Å². The first kappa shape index (κ1) is 120. The number of ether oxygens (including phenoxy) is 4. The van der Waals surface area contributed by atoms with Crippen molar-refractivity contribution in [1.82, 2.24) is 0 Å². The first-order valence-electron chi connectivity index (χ1n) is 40.8. The van der Waals surface area contributed by atoms with Crippen LogP contribution in [0.15, 0.2) is 48.6 Å². The Morgan fingerprint density at radius 3 is 0.465 bits per heavy atom. The maximum absolute atomic E-state index is 11.3. The molecule has 0 aliphatic carbocycles. The minimum absolute atomic E-state index is 0. The number of unbranched alkanes of at least 4 members (excludes halogenated alkanes) is 48. The van der Waals surface area contributed by atoms with Crippen LogP contribution >= 0.6 is 13.5 Å². The molecule has 8 nitrogen and oxygen atoms in total. The van der Waals surface area contributed by atoms with E-state index in [2.05, 4.69) is 76.3 Å². The molecule has 0 spiro atoms. The summed E-state index contributed by atoms with van der Waals surface area (Å²) in [4.78, 5) is 45.1. The van der Waals surface area contributed by atoms with E-state index >= 15 is 0 Å². The van der Waals surface area contributed by atoms with Crippen molar-refractivity contribution in [3.05, 3.63) is 48.6 Å². The molecular weight excluding hydrogens is 1560 g/mol. The maximum Gasteiger partial charge on any atom is 2.00 e. The second-order valence-electron chi connectivity index (χ2n) is 26.4. The summed E-state index contributed by atoms with van der Waals surface area (Å²) < 4.78 is 19.9. The molecule has 4 radical (unpaired) electrons. The van der Waals surface area contributed by atoms with Gasteiger partial charge in [-0.15, -0.1) is 23.0 Å². The quantitative estimate of drug-likeness (QED) is 0.0145. The zero-order chi connectivity index (χ0) is 70.9. The third-order valence-electron chi connectivity index (χ3n) is 16.9. The van der Waals surface area contributed by atoms with Crippen molar-refractivity contribution in [2.45, 2.75) is 428 Å². The molecule has 596 valence electrons. The summed E-state index contributed by atoms with van der Waals surface area (Å²) in [5.74, 6) is 1.68. The summed E-state index contributed by atoms with van der Waals surface area (Å²) in [6, 6.07) is 0. The topological polar surface area (TPSA) is 105 Å². The van der Waals surface area contributed by atoms with E-state index in [4.69, 9.17) is 69.5 Å². The second-order valence-corrected chi connectivity index (χ2v) is 28.1. The normalized spacial score (nSPS) is 10.7. The molecule has 0 amide bonds. The van der Waals surface area contributed by atoms with Crippen LogP contribution in [-0.4, -0.2) is 121 Å². The van der Waals surface area contributed by atoms with Crippen LogP contribution in [0.5, 0.6) is 0 Å². The summed E-state index contributed by atoms with van der Waals surface area (Å²) in [5.41, 5.74) is 0. The fraction of sp³-hybridized carbons (Fsp3) is 0.860. The minimum atomic E-state index is -0.0827. The Kier molecular flexibility index (Phi) is 137. The molecule has 101 heavy (non-hydrogen) atoms. The Hall–Kier alpha value is 0.187. The van der Waals surface area contributed by atoms with Crippen LogP contribution in [0.4, 0.5) is 0 Å². The van der Waals surface area contributed by atoms with Crippen LogP contribution < -0.4 is 0 Å². The smallest absolute Gasteiger partial charge is 0.789 e. The van der Waals surface area contributed by atoms with Crippen molar-refractivity contribution in [2.24, 2.45) is 0 Å². The standard InChI is InChI=1S/4C21H40O2S.2CH4.H2S.2Sn/c4*1-2-3-4-5-6-7-8-9-10-11-12-13-14-15-16-17-18-21(22)23-19-20-24;;;;;/h4*4-5,24H,2-3,6-20H2,1H3;2*1H4;1H2;;/q;;;;;;;2*+2/p-4/b4*5-4+;;;;;. The molecule has 0 N–H and O–H groups in total. The van der Waals surface area contributed by atoms with Gasteiger partial charge < -0.3 is 69.5 Å². The molecule has 0 aromatic rings. The third-order valence-corrected chi connectivity index (χ3v) is 17.5. The molecule has 15 heteroatoms. The number of esters is 4. The van der Waals surface area contributed by atoms with Crippen LogP contribution in [0, 0.1) is 0 Å². The van der Waals surface area contributed by atoms with E-state index in [1.54, 1.807) is 0 Å². The molecule has 0 atom stereocenters. The van der Waals surface area contributed by atoms with Gasteiger partial charge in [0, 0.05) is 25.7 Å². The molecule has 0 heterocycles. The van der Waals surface area contributed by atoms with Crippen molar-refractivity contribution >= 4 is 136 Å². The molecule has 0 bridgehead atoms. The zero-order valence-corrected chi connectivity index (χ0v) is 75.1. The summed E-state index contributed by atoms with van der Waals surface area (Å²) in [5, 5.41) is 0. The Bertz CT molecular complexity index is 1410. The van der Waals surface area contributed by atoms with Gasteiger partial charge in [0.1, 0.15) is 0 Å². The van der Waals surface area contributed by atoms with Gasteiger partial charge in [0.15, 0.2) is 0 Å². The number of hydrogen-bond acceptors (Lipinski definition) is 12. The monoisotopic (exact) mass is 1730 g/mol. The Balaban J connectivity index is -0.000000157. The van der Waals surface area contributed by atoms with E-state index in [-0.39, 0.29) is 100 Å². The molecule has 0 aliphatic rings. The van der Waals surface area contributed by atoms with E-state index in [1.165, 1.54) is 308 Å². The van der Waals surface area contributed by atoms with E-state index in [0.29, 0.717) is 75.1 Å². The van der Waals surface area contributed by atoms with Gasteiger partial charge in [0.25, 0.3) is 0 Å². The third kappa shape index (κ3) is 124. The number of hydrogen-bond donors (Lipinski definition) is 0. The maximum atomic E-state index is 11.3. The molecule has 0 rings (SSSR count). The van der Waals surface area contributed by atoms with Crippen molar-refractivity contribution < 1.29 is 38.1 Å². The second kappa shape index (κ2) is 116. The van der Waals surface area contributed by atoms with Crippen molar-refractivity contribution in [1.29, 1.82) is 0 Å². The molecule has 0 saturated heterocycles. The first-order chi connectivity index (χ1) is 47.2. The van der Waals surface area contributed by atoms with Crippen LogP contribution in [-0.2, 0) is 88.6 Å². The molecule has 0 aliphatic heterocycles. The summed E-state index contributed by atoms with van der Waals surface area (Å²) >= 11 is 19.0. The van der Waals surface area contributed by atoms with Gasteiger partial charge in [-0.1, -0.05) is 348 Å². The number of rotatable bonds is 72. The van der Waals surface area contributed by atoms with Gasteiger partial charge in [-0.3, -0.25) is 19.2 Å². The average molecular weight is 1730 g/mol. The Morgan fingerprint density at radius 1 is 0.218 bits per heavy atom. The predicted octanol–water partition coefficient (Wildman–Crippen LogP) is 26.6. The molecular formula is C86H166O8S5Sn2. The van der Waals surface area contributed by atoms with Crippen molar-refractivity contribution in [2.75, 3.05) is 49.4 Å². The van der Waals surface area contributed by atoms with E-state index in [0.717, 1.165) is 51.4 Å². The van der Waals surface area contributed by atoms with Crippen LogP contribution in [0.2, 0.25) is 0 Å². The predicted molar refractivity (Wildman–Crippen MR) is 464 cm³/mol.